The van der Waals surface area contributed by atoms with Gasteiger partial charge in [0.2, 0.25) is 5.91 Å². The number of nitrogens with zero attached hydrogens (tertiary/aromatic N) is 3. The summed E-state index contributed by atoms with van der Waals surface area (Å²) in [7, 11) is 0. The number of aromatic nitrogens is 1. The highest BCUT2D eigenvalue weighted by Crippen LogP contribution is 2.35. The van der Waals surface area contributed by atoms with Crippen molar-refractivity contribution in [3.63, 3.8) is 0 Å². The van der Waals surface area contributed by atoms with Crippen molar-refractivity contribution in [1.82, 2.24) is 14.8 Å². The van der Waals surface area contributed by atoms with Gasteiger partial charge in [0, 0.05) is 50.3 Å². The lowest BCUT2D eigenvalue weighted by molar-refractivity contribution is -0.146. The molecule has 0 aliphatic carbocycles. The number of amides is 1. The summed E-state index contributed by atoms with van der Waals surface area (Å²) in [4.78, 5) is 21.7. The Morgan fingerprint density at radius 3 is 2.96 bits per heavy atom. The number of ether oxygens (including phenoxy) is 2. The lowest BCUT2D eigenvalue weighted by Gasteiger charge is -2.41. The van der Waals surface area contributed by atoms with Crippen LogP contribution >= 0.6 is 11.3 Å². The lowest BCUT2D eigenvalue weighted by Crippen LogP contribution is -2.54. The average Bonchev–Trinajstić information content (AvgIpc) is 3.26. The summed E-state index contributed by atoms with van der Waals surface area (Å²) in [5.74, 6) is 0.713. The molecular weight excluding hydrogens is 314 g/mol. The van der Waals surface area contributed by atoms with E-state index in [2.05, 4.69) is 9.88 Å². The van der Waals surface area contributed by atoms with Crippen molar-refractivity contribution in [3.8, 4) is 0 Å². The van der Waals surface area contributed by atoms with Crippen LogP contribution in [-0.4, -0.2) is 72.8 Å². The van der Waals surface area contributed by atoms with Gasteiger partial charge in [0.25, 0.3) is 0 Å². The number of hydrogen-bond acceptors (Lipinski definition) is 6. The molecule has 4 heterocycles. The van der Waals surface area contributed by atoms with Gasteiger partial charge in [-0.2, -0.15) is 0 Å². The molecule has 0 N–H and O–H groups in total. The summed E-state index contributed by atoms with van der Waals surface area (Å²) in [6.45, 7) is 6.10. The van der Waals surface area contributed by atoms with E-state index in [9.17, 15) is 4.79 Å². The summed E-state index contributed by atoms with van der Waals surface area (Å²) < 4.78 is 11.3. The molecule has 3 aliphatic rings. The van der Waals surface area contributed by atoms with Gasteiger partial charge in [-0.15, -0.1) is 11.3 Å². The van der Waals surface area contributed by atoms with Crippen LogP contribution in [0.15, 0.2) is 11.6 Å². The van der Waals surface area contributed by atoms with Crippen molar-refractivity contribution < 1.29 is 14.3 Å². The molecule has 4 rings (SSSR count). The predicted molar refractivity (Wildman–Crippen MR) is 86.1 cm³/mol. The molecule has 1 amide bonds. The zero-order chi connectivity index (χ0) is 15.6. The van der Waals surface area contributed by atoms with E-state index in [1.165, 1.54) is 0 Å². The van der Waals surface area contributed by atoms with Gasteiger partial charge in [0.05, 0.1) is 31.8 Å². The topological polar surface area (TPSA) is 54.9 Å². The third-order valence-corrected chi connectivity index (χ3v) is 5.92. The first-order valence-corrected chi connectivity index (χ1v) is 9.28. The molecule has 1 aromatic heterocycles. The monoisotopic (exact) mass is 337 g/mol. The third kappa shape index (κ3) is 3.28. The van der Waals surface area contributed by atoms with E-state index in [1.54, 1.807) is 11.3 Å². The van der Waals surface area contributed by atoms with Crippen LogP contribution < -0.4 is 0 Å². The summed E-state index contributed by atoms with van der Waals surface area (Å²) in [5.41, 5.74) is 0. The number of rotatable bonds is 3. The fourth-order valence-electron chi connectivity index (χ4n) is 3.99. The molecule has 0 saturated carbocycles. The third-order valence-electron chi connectivity index (χ3n) is 5.15. The van der Waals surface area contributed by atoms with E-state index >= 15 is 0 Å². The van der Waals surface area contributed by atoms with Crippen LogP contribution in [0.4, 0.5) is 0 Å². The highest BCUT2D eigenvalue weighted by atomic mass is 32.1. The van der Waals surface area contributed by atoms with Crippen LogP contribution in [0.25, 0.3) is 0 Å². The molecule has 1 aromatic rings. The molecule has 0 unspecified atom stereocenters. The lowest BCUT2D eigenvalue weighted by atomic mass is 9.81. The first-order chi connectivity index (χ1) is 11.3. The number of fused-ring (bicyclic) bond motifs is 1. The Kier molecular flexibility index (Phi) is 4.61. The fourth-order valence-corrected chi connectivity index (χ4v) is 4.64. The minimum Gasteiger partial charge on any atom is -0.378 e. The summed E-state index contributed by atoms with van der Waals surface area (Å²) >= 11 is 1.67. The van der Waals surface area contributed by atoms with Crippen molar-refractivity contribution in [2.45, 2.75) is 19.1 Å². The van der Waals surface area contributed by atoms with Gasteiger partial charge in [-0.3, -0.25) is 9.69 Å². The molecule has 0 spiro atoms. The van der Waals surface area contributed by atoms with E-state index < -0.39 is 0 Å². The summed E-state index contributed by atoms with van der Waals surface area (Å²) in [6.07, 6.45) is 3.05. The normalized spacial score (nSPS) is 32.0. The maximum Gasteiger partial charge on any atom is 0.227 e. The van der Waals surface area contributed by atoms with Gasteiger partial charge >= 0.3 is 0 Å². The Labute approximate surface area is 140 Å². The second kappa shape index (κ2) is 6.84. The van der Waals surface area contributed by atoms with Crippen LogP contribution in [0.1, 0.15) is 11.4 Å². The van der Waals surface area contributed by atoms with E-state index in [0.717, 1.165) is 50.8 Å². The SMILES string of the molecule is O=C([C@@H]1CN(Cc2nccs2)C[C@H]2OCC[C@H]21)N1CCOCC1. The highest BCUT2D eigenvalue weighted by molar-refractivity contribution is 7.09. The Hall–Kier alpha value is -1.02. The fraction of sp³-hybridized carbons (Fsp3) is 0.750. The molecule has 3 saturated heterocycles. The second-order valence-corrected chi connectivity index (χ2v) is 7.50. The van der Waals surface area contributed by atoms with Crippen molar-refractivity contribution >= 4 is 17.2 Å². The average molecular weight is 337 g/mol. The van der Waals surface area contributed by atoms with Gasteiger partial charge in [-0.25, -0.2) is 4.98 Å². The number of likely N-dealkylation sites (tertiary alicyclic amines) is 1. The Balaban J connectivity index is 1.47. The Morgan fingerprint density at radius 2 is 2.17 bits per heavy atom. The molecule has 126 valence electrons. The number of carbonyl (C=O) groups is 1. The minimum atomic E-state index is 0.0503. The van der Waals surface area contributed by atoms with Crippen molar-refractivity contribution in [2.75, 3.05) is 46.0 Å². The first kappa shape index (κ1) is 15.5. The summed E-state index contributed by atoms with van der Waals surface area (Å²) in [5, 5.41) is 3.11. The van der Waals surface area contributed by atoms with E-state index in [1.807, 2.05) is 16.5 Å². The first-order valence-electron chi connectivity index (χ1n) is 8.40. The maximum atomic E-state index is 13.0. The molecule has 7 heteroatoms. The zero-order valence-electron chi connectivity index (χ0n) is 13.2. The number of piperidine rings is 1. The van der Waals surface area contributed by atoms with Gasteiger partial charge in [-0.1, -0.05) is 0 Å². The molecular formula is C16H23N3O3S. The van der Waals surface area contributed by atoms with E-state index in [4.69, 9.17) is 9.47 Å². The number of hydrogen-bond donors (Lipinski definition) is 0. The number of morpholine rings is 1. The quantitative estimate of drug-likeness (QED) is 0.818. The largest absolute Gasteiger partial charge is 0.378 e. The summed E-state index contributed by atoms with van der Waals surface area (Å²) in [6, 6.07) is 0. The van der Waals surface area contributed by atoms with Crippen LogP contribution in [0.2, 0.25) is 0 Å². The molecule has 6 nitrogen and oxygen atoms in total. The molecule has 3 aliphatic heterocycles. The molecule has 3 fully saturated rings. The number of thiazole rings is 1. The molecule has 23 heavy (non-hydrogen) atoms. The standard InChI is InChI=1S/C16H23N3O3S/c20-16(19-3-6-21-7-4-19)13-9-18(11-15-17-2-8-23-15)10-14-12(13)1-5-22-14/h2,8,12-14H,1,3-7,9-11H2/t12-,13+,14+/m0/s1. The van der Waals surface area contributed by atoms with Crippen LogP contribution in [-0.2, 0) is 20.8 Å². The highest BCUT2D eigenvalue weighted by Gasteiger charge is 2.45. The van der Waals surface area contributed by atoms with Crippen LogP contribution in [0, 0.1) is 11.8 Å². The van der Waals surface area contributed by atoms with Crippen molar-refractivity contribution in [1.29, 1.82) is 0 Å². The Bertz CT molecular complexity index is 533. The second-order valence-electron chi connectivity index (χ2n) is 6.53. The van der Waals surface area contributed by atoms with Crippen molar-refractivity contribution in [3.05, 3.63) is 16.6 Å². The van der Waals surface area contributed by atoms with E-state index in [-0.39, 0.29) is 17.9 Å². The minimum absolute atomic E-state index is 0.0503. The van der Waals surface area contributed by atoms with Crippen molar-refractivity contribution in [2.24, 2.45) is 11.8 Å². The van der Waals surface area contributed by atoms with Crippen LogP contribution in [0.5, 0.6) is 0 Å². The van der Waals surface area contributed by atoms with Gasteiger partial charge < -0.3 is 14.4 Å². The smallest absolute Gasteiger partial charge is 0.227 e. The molecule has 3 atom stereocenters. The van der Waals surface area contributed by atoms with Crippen LogP contribution in [0.3, 0.4) is 0 Å². The Morgan fingerprint density at radius 1 is 1.30 bits per heavy atom. The molecule has 0 aromatic carbocycles. The molecule has 0 radical (unpaired) electrons. The molecule has 0 bridgehead atoms. The van der Waals surface area contributed by atoms with E-state index in [0.29, 0.717) is 19.1 Å². The number of carbonyl (C=O) groups excluding carboxylic acids is 1. The predicted octanol–water partition coefficient (Wildman–Crippen LogP) is 0.839. The van der Waals surface area contributed by atoms with Gasteiger partial charge in [0.15, 0.2) is 0 Å². The zero-order valence-corrected chi connectivity index (χ0v) is 14.0. The van der Waals surface area contributed by atoms with Gasteiger partial charge in [-0.05, 0) is 6.42 Å². The maximum absolute atomic E-state index is 13.0. The van der Waals surface area contributed by atoms with Gasteiger partial charge in [0.1, 0.15) is 5.01 Å².